The molecule has 0 radical (unpaired) electrons. The molecule has 1 heterocycles. The van der Waals surface area contributed by atoms with Crippen LogP contribution in [-0.4, -0.2) is 36.2 Å². The number of thiocarbonyl (C=S) groups is 1. The molecule has 188 valence electrons. The summed E-state index contributed by atoms with van der Waals surface area (Å²) in [4.78, 5) is 37.8. The number of rotatable bonds is 9. The predicted molar refractivity (Wildman–Crippen MR) is 142 cm³/mol. The van der Waals surface area contributed by atoms with Crippen molar-refractivity contribution in [3.63, 3.8) is 0 Å². The van der Waals surface area contributed by atoms with E-state index in [0.717, 1.165) is 16.9 Å². The number of thiophene rings is 1. The van der Waals surface area contributed by atoms with E-state index in [1.807, 2.05) is 30.3 Å². The number of nitrogens with one attached hydrogen (secondary N) is 2. The maximum absolute atomic E-state index is 12.7. The molecule has 0 aliphatic heterocycles. The van der Waals surface area contributed by atoms with Gasteiger partial charge in [-0.15, -0.1) is 11.3 Å². The first kappa shape index (κ1) is 26.8. The molecule has 0 aliphatic rings. The minimum atomic E-state index is -0.607. The number of benzene rings is 2. The van der Waals surface area contributed by atoms with Crippen LogP contribution >= 0.6 is 23.6 Å². The van der Waals surface area contributed by atoms with Crippen molar-refractivity contribution in [1.29, 1.82) is 0 Å². The maximum atomic E-state index is 12.7. The molecule has 0 aliphatic carbocycles. The van der Waals surface area contributed by atoms with Gasteiger partial charge in [0, 0.05) is 5.56 Å². The summed E-state index contributed by atoms with van der Waals surface area (Å²) in [6.45, 7) is 5.77. The van der Waals surface area contributed by atoms with Gasteiger partial charge in [-0.3, -0.25) is 10.1 Å². The van der Waals surface area contributed by atoms with Crippen LogP contribution < -0.4 is 15.4 Å². The number of esters is 2. The van der Waals surface area contributed by atoms with E-state index in [2.05, 4.69) is 10.6 Å². The quantitative estimate of drug-likeness (QED) is 0.293. The fourth-order valence-electron chi connectivity index (χ4n) is 3.20. The van der Waals surface area contributed by atoms with Gasteiger partial charge in [0.25, 0.3) is 5.91 Å². The fraction of sp³-hybridized carbons (Fsp3) is 0.231. The second kappa shape index (κ2) is 12.8. The molecule has 1 aromatic heterocycles. The SMILES string of the molecule is CCOC(=O)c1sc(NC(=S)NC(=O)c2ccc(OCc3ccccc3)cc2)c(C(=O)OCC)c1C. The number of carbonyl (C=O) groups excluding carboxylic acids is 3. The lowest BCUT2D eigenvalue weighted by Crippen LogP contribution is -2.34. The molecule has 8 nitrogen and oxygen atoms in total. The molecule has 0 unspecified atom stereocenters. The van der Waals surface area contributed by atoms with Crippen molar-refractivity contribution >= 4 is 51.5 Å². The molecular formula is C26H26N2O6S2. The summed E-state index contributed by atoms with van der Waals surface area (Å²) in [6, 6.07) is 16.4. The van der Waals surface area contributed by atoms with Crippen LogP contribution in [0, 0.1) is 6.92 Å². The van der Waals surface area contributed by atoms with Crippen LogP contribution in [-0.2, 0) is 16.1 Å². The lowest BCUT2D eigenvalue weighted by Gasteiger charge is -2.11. The monoisotopic (exact) mass is 526 g/mol. The predicted octanol–water partition coefficient (Wildman–Crippen LogP) is 5.12. The Bertz CT molecular complexity index is 1240. The maximum Gasteiger partial charge on any atom is 0.348 e. The summed E-state index contributed by atoms with van der Waals surface area (Å²) in [5.41, 5.74) is 1.99. The second-order valence-corrected chi connectivity index (χ2v) is 8.84. The Morgan fingerprint density at radius 2 is 1.56 bits per heavy atom. The Balaban J connectivity index is 1.67. The van der Waals surface area contributed by atoms with E-state index in [1.54, 1.807) is 45.0 Å². The van der Waals surface area contributed by atoms with Crippen LogP contribution in [0.1, 0.15) is 55.4 Å². The molecule has 2 aromatic carbocycles. The topological polar surface area (TPSA) is 103 Å². The van der Waals surface area contributed by atoms with Gasteiger partial charge in [0.1, 0.15) is 22.2 Å². The highest BCUT2D eigenvalue weighted by Gasteiger charge is 2.27. The molecule has 0 fully saturated rings. The molecule has 1 amide bonds. The van der Waals surface area contributed by atoms with Crippen molar-refractivity contribution in [3.05, 3.63) is 81.7 Å². The minimum absolute atomic E-state index is 0.0355. The third-order valence-corrected chi connectivity index (χ3v) is 6.30. The van der Waals surface area contributed by atoms with E-state index in [0.29, 0.717) is 23.5 Å². The lowest BCUT2D eigenvalue weighted by molar-refractivity contribution is 0.0527. The van der Waals surface area contributed by atoms with E-state index in [9.17, 15) is 14.4 Å². The first-order valence-electron chi connectivity index (χ1n) is 11.2. The molecule has 36 heavy (non-hydrogen) atoms. The highest BCUT2D eigenvalue weighted by molar-refractivity contribution is 7.80. The molecule has 3 aromatic rings. The molecule has 10 heteroatoms. The van der Waals surface area contributed by atoms with Crippen molar-refractivity contribution in [3.8, 4) is 5.75 Å². The van der Waals surface area contributed by atoms with Gasteiger partial charge in [0.2, 0.25) is 0 Å². The van der Waals surface area contributed by atoms with Gasteiger partial charge in [-0.1, -0.05) is 30.3 Å². The van der Waals surface area contributed by atoms with Gasteiger partial charge >= 0.3 is 11.9 Å². The number of ether oxygens (including phenoxy) is 3. The smallest absolute Gasteiger partial charge is 0.348 e. The summed E-state index contributed by atoms with van der Waals surface area (Å²) >= 11 is 6.29. The van der Waals surface area contributed by atoms with Gasteiger partial charge in [-0.25, -0.2) is 9.59 Å². The molecule has 2 N–H and O–H groups in total. The Hall–Kier alpha value is -3.76. The Morgan fingerprint density at radius 1 is 0.917 bits per heavy atom. The molecule has 0 atom stereocenters. The van der Waals surface area contributed by atoms with E-state index >= 15 is 0 Å². The Kier molecular flexibility index (Phi) is 9.54. The summed E-state index contributed by atoms with van der Waals surface area (Å²) in [5.74, 6) is -0.984. The van der Waals surface area contributed by atoms with Gasteiger partial charge in [-0.05, 0) is 68.4 Å². The van der Waals surface area contributed by atoms with Crippen molar-refractivity contribution in [2.24, 2.45) is 0 Å². The molecular weight excluding hydrogens is 500 g/mol. The van der Waals surface area contributed by atoms with Gasteiger partial charge in [0.05, 0.1) is 18.8 Å². The third kappa shape index (κ3) is 6.89. The number of amides is 1. The third-order valence-electron chi connectivity index (χ3n) is 4.91. The lowest BCUT2D eigenvalue weighted by atomic mass is 10.1. The van der Waals surface area contributed by atoms with Gasteiger partial charge < -0.3 is 19.5 Å². The van der Waals surface area contributed by atoms with Gasteiger partial charge in [-0.2, -0.15) is 0 Å². The summed E-state index contributed by atoms with van der Waals surface area (Å²) in [5, 5.41) is 5.67. The average Bonchev–Trinajstić information content (AvgIpc) is 3.19. The summed E-state index contributed by atoms with van der Waals surface area (Å²) in [6.07, 6.45) is 0. The number of hydrogen-bond acceptors (Lipinski definition) is 8. The summed E-state index contributed by atoms with van der Waals surface area (Å²) < 4.78 is 15.9. The summed E-state index contributed by atoms with van der Waals surface area (Å²) in [7, 11) is 0. The van der Waals surface area contributed by atoms with Crippen molar-refractivity contribution in [1.82, 2.24) is 5.32 Å². The zero-order valence-electron chi connectivity index (χ0n) is 20.1. The first-order valence-corrected chi connectivity index (χ1v) is 12.4. The first-order chi connectivity index (χ1) is 17.3. The standard InChI is InChI=1S/C26H26N2O6S2/c1-4-32-24(30)20-16(3)21(25(31)33-5-2)36-23(20)28-26(35)27-22(29)18-11-13-19(14-12-18)34-15-17-9-7-6-8-10-17/h6-14H,4-5,15H2,1-3H3,(H2,27,28,29,35). The molecule has 0 saturated heterocycles. The minimum Gasteiger partial charge on any atom is -0.489 e. The molecule has 0 bridgehead atoms. The second-order valence-electron chi connectivity index (χ2n) is 7.41. The highest BCUT2D eigenvalue weighted by Crippen LogP contribution is 2.34. The molecule has 0 saturated carbocycles. The van der Waals surface area contributed by atoms with Crippen LogP contribution in [0.15, 0.2) is 54.6 Å². The average molecular weight is 527 g/mol. The van der Waals surface area contributed by atoms with E-state index in [1.165, 1.54) is 0 Å². The normalized spacial score (nSPS) is 10.3. The number of anilines is 1. The largest absolute Gasteiger partial charge is 0.489 e. The van der Waals surface area contributed by atoms with E-state index in [-0.39, 0.29) is 33.8 Å². The molecule has 0 spiro atoms. The van der Waals surface area contributed by atoms with Crippen molar-refractivity contribution in [2.45, 2.75) is 27.4 Å². The zero-order valence-corrected chi connectivity index (χ0v) is 21.7. The highest BCUT2D eigenvalue weighted by atomic mass is 32.1. The Labute approximate surface area is 218 Å². The Morgan fingerprint density at radius 3 is 2.19 bits per heavy atom. The van der Waals surface area contributed by atoms with E-state index in [4.69, 9.17) is 26.4 Å². The van der Waals surface area contributed by atoms with E-state index < -0.39 is 17.8 Å². The number of hydrogen-bond donors (Lipinski definition) is 2. The van der Waals surface area contributed by atoms with Gasteiger partial charge in [0.15, 0.2) is 5.11 Å². The van der Waals surface area contributed by atoms with Crippen LogP contribution in [0.4, 0.5) is 5.00 Å². The molecule has 3 rings (SSSR count). The zero-order chi connectivity index (χ0) is 26.1. The number of carbonyl (C=O) groups is 3. The van der Waals surface area contributed by atoms with Crippen LogP contribution in [0.3, 0.4) is 0 Å². The van der Waals surface area contributed by atoms with Crippen LogP contribution in [0.2, 0.25) is 0 Å². The van der Waals surface area contributed by atoms with Crippen LogP contribution in [0.25, 0.3) is 0 Å². The van der Waals surface area contributed by atoms with Crippen LogP contribution in [0.5, 0.6) is 5.75 Å². The van der Waals surface area contributed by atoms with Crippen molar-refractivity contribution < 1.29 is 28.6 Å². The fourth-order valence-corrected chi connectivity index (χ4v) is 4.55. The van der Waals surface area contributed by atoms with Crippen molar-refractivity contribution in [2.75, 3.05) is 18.5 Å².